The predicted octanol–water partition coefficient (Wildman–Crippen LogP) is 1.36. The van der Waals surface area contributed by atoms with Crippen molar-refractivity contribution in [2.24, 2.45) is 0 Å². The highest BCUT2D eigenvalue weighted by atomic mass is 16.6. The summed E-state index contributed by atoms with van der Waals surface area (Å²) in [6.07, 6.45) is 1.28. The molecule has 1 rings (SSSR count). The molecule has 0 spiro atoms. The molecule has 0 N–H and O–H groups in total. The summed E-state index contributed by atoms with van der Waals surface area (Å²) < 4.78 is 0. The molecule has 0 aromatic carbocycles. The molecule has 0 atom stereocenters. The predicted molar refractivity (Wildman–Crippen MR) is 50.0 cm³/mol. The molecule has 5 nitrogen and oxygen atoms in total. The quantitative estimate of drug-likeness (QED) is 0.510. The maximum absolute atomic E-state index is 10.6. The molecule has 70 valence electrons. The van der Waals surface area contributed by atoms with Crippen molar-refractivity contribution in [2.45, 2.75) is 6.92 Å². The second kappa shape index (κ2) is 3.38. The average molecular weight is 181 g/mol. The van der Waals surface area contributed by atoms with Gasteiger partial charge in [-0.3, -0.25) is 15.1 Å². The number of aromatic nitrogens is 1. The molecule has 0 fully saturated rings. The van der Waals surface area contributed by atoms with Crippen LogP contribution in [0.3, 0.4) is 0 Å². The fraction of sp³-hybridized carbons (Fsp3) is 0.375. The zero-order valence-corrected chi connectivity index (χ0v) is 7.81. The van der Waals surface area contributed by atoms with Crippen LogP contribution in [0, 0.1) is 17.0 Å². The van der Waals surface area contributed by atoms with Crippen molar-refractivity contribution in [1.82, 2.24) is 4.98 Å². The van der Waals surface area contributed by atoms with Gasteiger partial charge in [-0.05, 0) is 13.0 Å². The molecule has 0 saturated carbocycles. The van der Waals surface area contributed by atoms with E-state index in [1.807, 2.05) is 0 Å². The molecule has 0 saturated heterocycles. The molecule has 0 unspecified atom stereocenters. The van der Waals surface area contributed by atoms with Gasteiger partial charge in [-0.2, -0.15) is 0 Å². The van der Waals surface area contributed by atoms with Crippen molar-refractivity contribution in [3.63, 3.8) is 0 Å². The average Bonchev–Trinajstić information content (AvgIpc) is 2.03. The van der Waals surface area contributed by atoms with E-state index in [9.17, 15) is 10.1 Å². The first-order valence-electron chi connectivity index (χ1n) is 3.80. The SMILES string of the molecule is Cc1cc(N(C)C)c([N+](=O)[O-])cn1. The Bertz CT molecular complexity index is 336. The third-order valence-electron chi connectivity index (χ3n) is 1.68. The molecule has 1 aromatic heterocycles. The van der Waals surface area contributed by atoms with Gasteiger partial charge >= 0.3 is 5.69 Å². The Kier molecular flexibility index (Phi) is 2.46. The van der Waals surface area contributed by atoms with Crippen LogP contribution in [0.2, 0.25) is 0 Å². The summed E-state index contributed by atoms with van der Waals surface area (Å²) in [6.45, 7) is 1.80. The first kappa shape index (κ1) is 9.44. The lowest BCUT2D eigenvalue weighted by Gasteiger charge is -2.12. The highest BCUT2D eigenvalue weighted by molar-refractivity contribution is 5.61. The number of nitro groups is 1. The largest absolute Gasteiger partial charge is 0.372 e. The van der Waals surface area contributed by atoms with Crippen LogP contribution in [0.1, 0.15) is 5.69 Å². The standard InChI is InChI=1S/C8H11N3O2/c1-6-4-7(10(2)3)8(5-9-6)11(12)13/h4-5H,1-3H3. The molecular formula is C8H11N3O2. The van der Waals surface area contributed by atoms with Gasteiger partial charge < -0.3 is 4.90 Å². The van der Waals surface area contributed by atoms with Crippen molar-refractivity contribution in [2.75, 3.05) is 19.0 Å². The van der Waals surface area contributed by atoms with Gasteiger partial charge in [0.05, 0.1) is 4.92 Å². The Balaban J connectivity index is 3.26. The van der Waals surface area contributed by atoms with E-state index in [-0.39, 0.29) is 5.69 Å². The zero-order chi connectivity index (χ0) is 10.0. The monoisotopic (exact) mass is 181 g/mol. The molecule has 0 aliphatic heterocycles. The number of pyridine rings is 1. The topological polar surface area (TPSA) is 59.3 Å². The number of anilines is 1. The minimum atomic E-state index is -0.429. The van der Waals surface area contributed by atoms with E-state index < -0.39 is 4.92 Å². The minimum absolute atomic E-state index is 0.0376. The van der Waals surface area contributed by atoms with Crippen LogP contribution in [0.25, 0.3) is 0 Å². The molecule has 0 bridgehead atoms. The fourth-order valence-corrected chi connectivity index (χ4v) is 1.04. The first-order chi connectivity index (χ1) is 6.02. The van der Waals surface area contributed by atoms with Crippen LogP contribution >= 0.6 is 0 Å². The fourth-order valence-electron chi connectivity index (χ4n) is 1.04. The van der Waals surface area contributed by atoms with E-state index in [0.29, 0.717) is 5.69 Å². The van der Waals surface area contributed by atoms with Crippen LogP contribution in [0.4, 0.5) is 11.4 Å². The number of nitrogens with zero attached hydrogens (tertiary/aromatic N) is 3. The molecule has 13 heavy (non-hydrogen) atoms. The minimum Gasteiger partial charge on any atom is -0.372 e. The Morgan fingerprint density at radius 3 is 2.62 bits per heavy atom. The molecule has 1 aromatic rings. The van der Waals surface area contributed by atoms with Crippen LogP contribution in [-0.4, -0.2) is 24.0 Å². The van der Waals surface area contributed by atoms with Gasteiger partial charge in [-0.1, -0.05) is 0 Å². The highest BCUT2D eigenvalue weighted by Gasteiger charge is 2.15. The maximum atomic E-state index is 10.6. The Labute approximate surface area is 76.2 Å². The van der Waals surface area contributed by atoms with Crippen molar-refractivity contribution in [3.8, 4) is 0 Å². The maximum Gasteiger partial charge on any atom is 0.310 e. The summed E-state index contributed by atoms with van der Waals surface area (Å²) in [7, 11) is 3.53. The third-order valence-corrected chi connectivity index (χ3v) is 1.68. The zero-order valence-electron chi connectivity index (χ0n) is 7.81. The number of hydrogen-bond acceptors (Lipinski definition) is 4. The van der Waals surface area contributed by atoms with Gasteiger partial charge in [0, 0.05) is 19.8 Å². The molecule has 0 radical (unpaired) electrons. The number of rotatable bonds is 2. The van der Waals surface area contributed by atoms with E-state index in [1.165, 1.54) is 6.20 Å². The van der Waals surface area contributed by atoms with Gasteiger partial charge in [0.1, 0.15) is 11.9 Å². The normalized spacial score (nSPS) is 9.77. The first-order valence-corrected chi connectivity index (χ1v) is 3.80. The van der Waals surface area contributed by atoms with Crippen LogP contribution in [-0.2, 0) is 0 Å². The van der Waals surface area contributed by atoms with E-state index in [2.05, 4.69) is 4.98 Å². The van der Waals surface area contributed by atoms with Gasteiger partial charge in [0.25, 0.3) is 0 Å². The Morgan fingerprint density at radius 1 is 1.54 bits per heavy atom. The second-order valence-electron chi connectivity index (χ2n) is 2.97. The third kappa shape index (κ3) is 1.93. The van der Waals surface area contributed by atoms with E-state index in [4.69, 9.17) is 0 Å². The molecule has 0 aliphatic rings. The summed E-state index contributed by atoms with van der Waals surface area (Å²) in [5, 5.41) is 10.6. The molecular weight excluding hydrogens is 170 g/mol. The second-order valence-corrected chi connectivity index (χ2v) is 2.97. The van der Waals surface area contributed by atoms with Crippen LogP contribution in [0.15, 0.2) is 12.3 Å². The lowest BCUT2D eigenvalue weighted by atomic mass is 10.3. The van der Waals surface area contributed by atoms with E-state index in [1.54, 1.807) is 32.0 Å². The van der Waals surface area contributed by atoms with Crippen molar-refractivity contribution >= 4 is 11.4 Å². The summed E-state index contributed by atoms with van der Waals surface area (Å²) >= 11 is 0. The molecule has 1 heterocycles. The lowest BCUT2D eigenvalue weighted by molar-refractivity contribution is -0.384. The highest BCUT2D eigenvalue weighted by Crippen LogP contribution is 2.25. The van der Waals surface area contributed by atoms with E-state index in [0.717, 1.165) is 5.69 Å². The van der Waals surface area contributed by atoms with Gasteiger partial charge in [0.2, 0.25) is 0 Å². The smallest absolute Gasteiger partial charge is 0.310 e. The lowest BCUT2D eigenvalue weighted by Crippen LogP contribution is -2.11. The van der Waals surface area contributed by atoms with Crippen molar-refractivity contribution in [3.05, 3.63) is 28.1 Å². The summed E-state index contributed by atoms with van der Waals surface area (Å²) in [5.41, 5.74) is 1.39. The molecule has 0 aliphatic carbocycles. The summed E-state index contributed by atoms with van der Waals surface area (Å²) in [4.78, 5) is 15.7. The van der Waals surface area contributed by atoms with Crippen molar-refractivity contribution in [1.29, 1.82) is 0 Å². The molecule has 5 heteroatoms. The van der Waals surface area contributed by atoms with Crippen LogP contribution < -0.4 is 4.90 Å². The van der Waals surface area contributed by atoms with Gasteiger partial charge in [-0.25, -0.2) is 0 Å². The molecule has 0 amide bonds. The van der Waals surface area contributed by atoms with E-state index >= 15 is 0 Å². The van der Waals surface area contributed by atoms with Crippen molar-refractivity contribution < 1.29 is 4.92 Å². The Hall–Kier alpha value is -1.65. The van der Waals surface area contributed by atoms with Gasteiger partial charge in [-0.15, -0.1) is 0 Å². The summed E-state index contributed by atoms with van der Waals surface area (Å²) in [6, 6.07) is 1.69. The summed E-state index contributed by atoms with van der Waals surface area (Å²) in [5.74, 6) is 0. The van der Waals surface area contributed by atoms with Crippen LogP contribution in [0.5, 0.6) is 0 Å². The number of hydrogen-bond donors (Lipinski definition) is 0. The van der Waals surface area contributed by atoms with Gasteiger partial charge in [0.15, 0.2) is 0 Å². The number of aryl methyl sites for hydroxylation is 1. The Morgan fingerprint density at radius 2 is 2.15 bits per heavy atom.